The summed E-state index contributed by atoms with van der Waals surface area (Å²) < 4.78 is 1.82. The zero-order valence-electron chi connectivity index (χ0n) is 13.8. The highest BCUT2D eigenvalue weighted by molar-refractivity contribution is 5.85. The lowest BCUT2D eigenvalue weighted by molar-refractivity contribution is 0.0847. The third-order valence-corrected chi connectivity index (χ3v) is 4.16. The second kappa shape index (κ2) is 6.59. The van der Waals surface area contributed by atoms with Crippen molar-refractivity contribution < 1.29 is 10.2 Å². The SMILES string of the molecule is Cc1cc(C)c2[nH]c(=O)c(-c3nccn3CCC(O)CO)cc2c1. The first-order valence-corrected chi connectivity index (χ1v) is 7.94. The van der Waals surface area contributed by atoms with E-state index in [-0.39, 0.29) is 12.2 Å². The van der Waals surface area contributed by atoms with Crippen LogP contribution in [0.4, 0.5) is 0 Å². The van der Waals surface area contributed by atoms with Crippen molar-refractivity contribution in [3.8, 4) is 11.4 Å². The zero-order valence-corrected chi connectivity index (χ0v) is 13.8. The lowest BCUT2D eigenvalue weighted by atomic mass is 10.1. The average Bonchev–Trinajstić information content (AvgIpc) is 3.01. The van der Waals surface area contributed by atoms with Gasteiger partial charge in [-0.1, -0.05) is 11.6 Å². The number of aliphatic hydroxyl groups is 2. The van der Waals surface area contributed by atoms with Gasteiger partial charge in [-0.05, 0) is 43.4 Å². The van der Waals surface area contributed by atoms with Crippen LogP contribution in [0.5, 0.6) is 0 Å². The number of aromatic amines is 1. The Morgan fingerprint density at radius 1 is 1.29 bits per heavy atom. The highest BCUT2D eigenvalue weighted by Gasteiger charge is 2.13. The van der Waals surface area contributed by atoms with E-state index in [2.05, 4.69) is 9.97 Å². The summed E-state index contributed by atoms with van der Waals surface area (Å²) in [6.45, 7) is 4.19. The monoisotopic (exact) mass is 327 g/mol. The van der Waals surface area contributed by atoms with Gasteiger partial charge in [-0.2, -0.15) is 0 Å². The molecule has 6 heteroatoms. The number of hydrogen-bond acceptors (Lipinski definition) is 4. The summed E-state index contributed by atoms with van der Waals surface area (Å²) in [4.78, 5) is 19.8. The number of nitrogens with zero attached hydrogens (tertiary/aromatic N) is 2. The first-order chi connectivity index (χ1) is 11.5. The van der Waals surface area contributed by atoms with Crippen molar-refractivity contribution in [1.82, 2.24) is 14.5 Å². The van der Waals surface area contributed by atoms with Crippen LogP contribution in [0.3, 0.4) is 0 Å². The molecule has 0 radical (unpaired) electrons. The Labute approximate surface area is 139 Å². The molecule has 0 aliphatic rings. The van der Waals surface area contributed by atoms with E-state index in [1.807, 2.05) is 36.6 Å². The lowest BCUT2D eigenvalue weighted by Gasteiger charge is -2.11. The van der Waals surface area contributed by atoms with Gasteiger partial charge in [-0.15, -0.1) is 0 Å². The van der Waals surface area contributed by atoms with Crippen molar-refractivity contribution in [2.45, 2.75) is 32.9 Å². The summed E-state index contributed by atoms with van der Waals surface area (Å²) >= 11 is 0. The molecule has 1 atom stereocenters. The lowest BCUT2D eigenvalue weighted by Crippen LogP contribution is -2.17. The minimum atomic E-state index is -0.777. The number of H-pyrrole nitrogens is 1. The quantitative estimate of drug-likeness (QED) is 0.666. The number of rotatable bonds is 5. The first-order valence-electron chi connectivity index (χ1n) is 7.94. The average molecular weight is 327 g/mol. The minimum absolute atomic E-state index is 0.190. The number of hydrogen-bond donors (Lipinski definition) is 3. The Morgan fingerprint density at radius 2 is 2.08 bits per heavy atom. The van der Waals surface area contributed by atoms with Crippen LogP contribution in [0.2, 0.25) is 0 Å². The summed E-state index contributed by atoms with van der Waals surface area (Å²) in [5.41, 5.74) is 3.30. The van der Waals surface area contributed by atoms with E-state index in [0.717, 1.165) is 22.0 Å². The molecular formula is C18H21N3O3. The topological polar surface area (TPSA) is 91.1 Å². The summed E-state index contributed by atoms with van der Waals surface area (Å²) in [6.07, 6.45) is 3.01. The molecule has 6 nitrogen and oxygen atoms in total. The number of nitrogens with one attached hydrogen (secondary N) is 1. The van der Waals surface area contributed by atoms with Gasteiger partial charge < -0.3 is 19.8 Å². The van der Waals surface area contributed by atoms with E-state index in [1.54, 1.807) is 12.4 Å². The van der Waals surface area contributed by atoms with Gasteiger partial charge in [0.05, 0.1) is 23.8 Å². The normalized spacial score (nSPS) is 12.7. The van der Waals surface area contributed by atoms with Gasteiger partial charge in [0.15, 0.2) is 0 Å². The van der Waals surface area contributed by atoms with Crippen molar-refractivity contribution in [3.05, 3.63) is 52.1 Å². The van der Waals surface area contributed by atoms with E-state index in [9.17, 15) is 9.90 Å². The van der Waals surface area contributed by atoms with Gasteiger partial charge in [0.25, 0.3) is 5.56 Å². The number of aliphatic hydroxyl groups excluding tert-OH is 2. The third-order valence-electron chi connectivity index (χ3n) is 4.16. The highest BCUT2D eigenvalue weighted by atomic mass is 16.3. The molecule has 0 spiro atoms. The van der Waals surface area contributed by atoms with Crippen LogP contribution in [0.15, 0.2) is 35.4 Å². The third kappa shape index (κ3) is 3.11. The van der Waals surface area contributed by atoms with Crippen LogP contribution in [0.1, 0.15) is 17.5 Å². The fourth-order valence-corrected chi connectivity index (χ4v) is 2.97. The molecular weight excluding hydrogens is 306 g/mol. The van der Waals surface area contributed by atoms with Gasteiger partial charge in [0.1, 0.15) is 5.82 Å². The predicted molar refractivity (Wildman–Crippen MR) is 93.0 cm³/mol. The summed E-state index contributed by atoms with van der Waals surface area (Å²) in [7, 11) is 0. The number of pyridine rings is 1. The van der Waals surface area contributed by atoms with Crippen LogP contribution < -0.4 is 5.56 Å². The second-order valence-electron chi connectivity index (χ2n) is 6.13. The fraction of sp³-hybridized carbons (Fsp3) is 0.333. The first kappa shape index (κ1) is 16.4. The Balaban J connectivity index is 2.06. The van der Waals surface area contributed by atoms with Crippen molar-refractivity contribution >= 4 is 10.9 Å². The molecule has 0 saturated carbocycles. The molecule has 1 aromatic carbocycles. The smallest absolute Gasteiger partial charge is 0.259 e. The molecule has 2 heterocycles. The van der Waals surface area contributed by atoms with Crippen LogP contribution in [0.25, 0.3) is 22.3 Å². The van der Waals surface area contributed by atoms with Crippen LogP contribution in [0, 0.1) is 13.8 Å². The van der Waals surface area contributed by atoms with Crippen LogP contribution >= 0.6 is 0 Å². The molecule has 0 bridgehead atoms. The number of imidazole rings is 1. The molecule has 0 fully saturated rings. The summed E-state index contributed by atoms with van der Waals surface area (Å²) in [5.74, 6) is 0.558. The number of fused-ring (bicyclic) bond motifs is 1. The highest BCUT2D eigenvalue weighted by Crippen LogP contribution is 2.22. The predicted octanol–water partition coefficient (Wildman–Crippen LogP) is 1.75. The van der Waals surface area contributed by atoms with E-state index < -0.39 is 6.10 Å². The fourth-order valence-electron chi connectivity index (χ4n) is 2.97. The Kier molecular flexibility index (Phi) is 4.51. The van der Waals surface area contributed by atoms with Gasteiger partial charge in [-0.3, -0.25) is 4.79 Å². The Bertz CT molecular complexity index is 927. The van der Waals surface area contributed by atoms with E-state index >= 15 is 0 Å². The molecule has 3 rings (SSSR count). The Morgan fingerprint density at radius 3 is 2.83 bits per heavy atom. The molecule has 0 amide bonds. The molecule has 3 aromatic rings. The maximum Gasteiger partial charge on any atom is 0.259 e. The molecule has 0 aliphatic heterocycles. The molecule has 0 aliphatic carbocycles. The Hall–Kier alpha value is -2.44. The maximum absolute atomic E-state index is 12.5. The summed E-state index contributed by atoms with van der Waals surface area (Å²) in [6, 6.07) is 5.93. The van der Waals surface area contributed by atoms with E-state index in [1.165, 1.54) is 0 Å². The molecule has 3 N–H and O–H groups in total. The van der Waals surface area contributed by atoms with Crippen LogP contribution in [-0.2, 0) is 6.54 Å². The van der Waals surface area contributed by atoms with E-state index in [0.29, 0.717) is 24.4 Å². The van der Waals surface area contributed by atoms with Crippen LogP contribution in [-0.4, -0.2) is 37.5 Å². The molecule has 126 valence electrons. The van der Waals surface area contributed by atoms with Gasteiger partial charge in [-0.25, -0.2) is 4.98 Å². The standard InChI is InChI=1S/C18H21N3O3/c1-11-7-12(2)16-13(8-11)9-15(18(24)20-16)17-19-4-6-21(17)5-3-14(23)10-22/h4,6-9,14,22-23H,3,5,10H2,1-2H3,(H,20,24). The maximum atomic E-state index is 12.5. The van der Waals surface area contributed by atoms with Gasteiger partial charge in [0, 0.05) is 18.9 Å². The number of aryl methyl sites for hydroxylation is 3. The van der Waals surface area contributed by atoms with Crippen molar-refractivity contribution in [2.24, 2.45) is 0 Å². The molecule has 2 aromatic heterocycles. The summed E-state index contributed by atoms with van der Waals surface area (Å²) in [5, 5.41) is 19.4. The van der Waals surface area contributed by atoms with Gasteiger partial charge in [0.2, 0.25) is 0 Å². The zero-order chi connectivity index (χ0) is 17.3. The van der Waals surface area contributed by atoms with Gasteiger partial charge >= 0.3 is 0 Å². The van der Waals surface area contributed by atoms with Crippen molar-refractivity contribution in [2.75, 3.05) is 6.61 Å². The molecule has 0 saturated heterocycles. The number of aromatic nitrogens is 3. The minimum Gasteiger partial charge on any atom is -0.394 e. The van der Waals surface area contributed by atoms with Crippen molar-refractivity contribution in [1.29, 1.82) is 0 Å². The largest absolute Gasteiger partial charge is 0.394 e. The van der Waals surface area contributed by atoms with E-state index in [4.69, 9.17) is 5.11 Å². The molecule has 1 unspecified atom stereocenters. The van der Waals surface area contributed by atoms with Crippen molar-refractivity contribution in [3.63, 3.8) is 0 Å². The second-order valence-corrected chi connectivity index (χ2v) is 6.13. The molecule has 24 heavy (non-hydrogen) atoms. The number of benzene rings is 1.